The lowest BCUT2D eigenvalue weighted by Crippen LogP contribution is -2.12. The molecule has 1 N–H and O–H groups in total. The van der Waals surface area contributed by atoms with Gasteiger partial charge in [-0.1, -0.05) is 12.1 Å². The highest BCUT2D eigenvalue weighted by Crippen LogP contribution is 2.18. The van der Waals surface area contributed by atoms with Gasteiger partial charge in [0.25, 0.3) is 5.56 Å². The zero-order valence-corrected chi connectivity index (χ0v) is 8.63. The quantitative estimate of drug-likeness (QED) is 0.717. The normalized spacial score (nSPS) is 10.5. The second-order valence-electron chi connectivity index (χ2n) is 3.66. The number of fused-ring (bicyclic) bond motifs is 1. The molecular weight excluding hydrogens is 190 g/mol. The lowest BCUT2D eigenvalue weighted by atomic mass is 10.0. The SMILES string of the molecule is Cc1ccc(C)c2[nH]c(=O)c(C=O)cc12. The number of aldehydes is 1. The van der Waals surface area contributed by atoms with E-state index >= 15 is 0 Å². The molecule has 1 aromatic heterocycles. The number of hydrogen-bond donors (Lipinski definition) is 1. The maximum atomic E-state index is 11.4. The van der Waals surface area contributed by atoms with Crippen molar-refractivity contribution in [1.82, 2.24) is 4.98 Å². The lowest BCUT2D eigenvalue weighted by Gasteiger charge is -2.05. The van der Waals surface area contributed by atoms with Crippen LogP contribution in [0.25, 0.3) is 10.9 Å². The third-order valence-electron chi connectivity index (χ3n) is 2.60. The number of aryl methyl sites for hydroxylation is 2. The smallest absolute Gasteiger partial charge is 0.259 e. The van der Waals surface area contributed by atoms with Crippen molar-refractivity contribution < 1.29 is 4.79 Å². The molecule has 0 fully saturated rings. The van der Waals surface area contributed by atoms with Crippen molar-refractivity contribution in [2.45, 2.75) is 13.8 Å². The lowest BCUT2D eigenvalue weighted by molar-refractivity contribution is 0.112. The zero-order valence-electron chi connectivity index (χ0n) is 8.63. The topological polar surface area (TPSA) is 49.9 Å². The Labute approximate surface area is 86.8 Å². The molecular formula is C12H11NO2. The maximum Gasteiger partial charge on any atom is 0.259 e. The van der Waals surface area contributed by atoms with Crippen molar-refractivity contribution in [2.24, 2.45) is 0 Å². The fourth-order valence-electron chi connectivity index (χ4n) is 1.68. The average Bonchev–Trinajstić information content (AvgIpc) is 2.23. The number of aromatic amines is 1. The van der Waals surface area contributed by atoms with Gasteiger partial charge in [-0.2, -0.15) is 0 Å². The number of hydrogen-bond acceptors (Lipinski definition) is 2. The Morgan fingerprint density at radius 3 is 2.53 bits per heavy atom. The first kappa shape index (κ1) is 9.65. The molecule has 3 nitrogen and oxygen atoms in total. The van der Waals surface area contributed by atoms with Gasteiger partial charge in [-0.3, -0.25) is 9.59 Å². The van der Waals surface area contributed by atoms with Crippen molar-refractivity contribution in [2.75, 3.05) is 0 Å². The van der Waals surface area contributed by atoms with Crippen molar-refractivity contribution in [1.29, 1.82) is 0 Å². The van der Waals surface area contributed by atoms with Crippen LogP contribution in [-0.2, 0) is 0 Å². The fraction of sp³-hybridized carbons (Fsp3) is 0.167. The van der Waals surface area contributed by atoms with E-state index < -0.39 is 0 Å². The minimum Gasteiger partial charge on any atom is -0.321 e. The molecule has 3 heteroatoms. The highest BCUT2D eigenvalue weighted by atomic mass is 16.1. The van der Waals surface area contributed by atoms with Gasteiger partial charge in [-0.05, 0) is 31.0 Å². The van der Waals surface area contributed by atoms with Gasteiger partial charge in [0, 0.05) is 5.39 Å². The Kier molecular flexibility index (Phi) is 2.15. The van der Waals surface area contributed by atoms with Crippen LogP contribution in [0.3, 0.4) is 0 Å². The molecule has 76 valence electrons. The molecule has 0 saturated carbocycles. The molecule has 15 heavy (non-hydrogen) atoms. The molecule has 2 aromatic rings. The van der Waals surface area contributed by atoms with Crippen LogP contribution >= 0.6 is 0 Å². The number of H-pyrrole nitrogens is 1. The molecule has 1 heterocycles. The van der Waals surface area contributed by atoms with Crippen molar-refractivity contribution in [3.05, 3.63) is 45.2 Å². The van der Waals surface area contributed by atoms with Gasteiger partial charge in [0.15, 0.2) is 6.29 Å². The number of benzene rings is 1. The van der Waals surface area contributed by atoms with Crippen LogP contribution in [-0.4, -0.2) is 11.3 Å². The van der Waals surface area contributed by atoms with E-state index in [4.69, 9.17) is 0 Å². The predicted molar refractivity (Wildman–Crippen MR) is 59.4 cm³/mol. The summed E-state index contributed by atoms with van der Waals surface area (Å²) in [5.41, 5.74) is 2.72. The minimum absolute atomic E-state index is 0.177. The van der Waals surface area contributed by atoms with Crippen LogP contribution in [0, 0.1) is 13.8 Å². The molecule has 0 unspecified atom stereocenters. The minimum atomic E-state index is -0.328. The molecule has 0 spiro atoms. The molecule has 1 aromatic carbocycles. The summed E-state index contributed by atoms with van der Waals surface area (Å²) in [4.78, 5) is 24.8. The van der Waals surface area contributed by atoms with Crippen molar-refractivity contribution in [3.63, 3.8) is 0 Å². The Bertz CT molecular complexity index is 596. The number of carbonyl (C=O) groups is 1. The Morgan fingerprint density at radius 2 is 1.87 bits per heavy atom. The summed E-state index contributed by atoms with van der Waals surface area (Å²) in [5, 5.41) is 0.928. The van der Waals surface area contributed by atoms with E-state index in [-0.39, 0.29) is 11.1 Å². The van der Waals surface area contributed by atoms with Gasteiger partial charge >= 0.3 is 0 Å². The first-order chi connectivity index (χ1) is 7.13. The number of pyridine rings is 1. The van der Waals surface area contributed by atoms with Crippen LogP contribution in [0.15, 0.2) is 23.0 Å². The number of aromatic nitrogens is 1. The van der Waals surface area contributed by atoms with Crippen LogP contribution in [0.2, 0.25) is 0 Å². The van der Waals surface area contributed by atoms with Crippen LogP contribution in [0.5, 0.6) is 0 Å². The molecule has 0 aliphatic rings. The van der Waals surface area contributed by atoms with E-state index in [1.807, 2.05) is 26.0 Å². The molecule has 0 bridgehead atoms. The monoisotopic (exact) mass is 201 g/mol. The number of nitrogens with one attached hydrogen (secondary N) is 1. The van der Waals surface area contributed by atoms with Crippen LogP contribution in [0.1, 0.15) is 21.5 Å². The summed E-state index contributed by atoms with van der Waals surface area (Å²) in [6.45, 7) is 3.88. The first-order valence-electron chi connectivity index (χ1n) is 4.72. The zero-order chi connectivity index (χ0) is 11.0. The highest BCUT2D eigenvalue weighted by molar-refractivity contribution is 5.89. The molecule has 0 saturated heterocycles. The van der Waals surface area contributed by atoms with Crippen LogP contribution < -0.4 is 5.56 Å². The molecule has 0 aliphatic heterocycles. The van der Waals surface area contributed by atoms with Gasteiger partial charge in [0.05, 0.1) is 11.1 Å². The van der Waals surface area contributed by atoms with E-state index in [9.17, 15) is 9.59 Å². The highest BCUT2D eigenvalue weighted by Gasteiger charge is 2.05. The summed E-state index contributed by atoms with van der Waals surface area (Å²) in [6, 6.07) is 5.57. The third kappa shape index (κ3) is 1.46. The largest absolute Gasteiger partial charge is 0.321 e. The van der Waals surface area contributed by atoms with Gasteiger partial charge in [0.2, 0.25) is 0 Å². The van der Waals surface area contributed by atoms with E-state index in [0.29, 0.717) is 6.29 Å². The number of rotatable bonds is 1. The van der Waals surface area contributed by atoms with Crippen LogP contribution in [0.4, 0.5) is 0 Å². The molecule has 0 atom stereocenters. The maximum absolute atomic E-state index is 11.4. The summed E-state index contributed by atoms with van der Waals surface area (Å²) in [5.74, 6) is 0. The molecule has 0 aliphatic carbocycles. The van der Waals surface area contributed by atoms with Gasteiger partial charge in [-0.25, -0.2) is 0 Å². The van der Waals surface area contributed by atoms with E-state index in [2.05, 4.69) is 4.98 Å². The second-order valence-corrected chi connectivity index (χ2v) is 3.66. The Morgan fingerprint density at radius 1 is 1.20 bits per heavy atom. The predicted octanol–water partition coefficient (Wildman–Crippen LogP) is 1.96. The van der Waals surface area contributed by atoms with E-state index in [0.717, 1.165) is 22.0 Å². The van der Waals surface area contributed by atoms with Gasteiger partial charge in [-0.15, -0.1) is 0 Å². The summed E-state index contributed by atoms with van der Waals surface area (Å²) < 4.78 is 0. The molecule has 0 amide bonds. The standard InChI is InChI=1S/C12H11NO2/c1-7-3-4-8(2)11-10(7)5-9(6-14)12(15)13-11/h3-6H,1-2H3,(H,13,15). The Balaban J connectivity index is 2.99. The van der Waals surface area contributed by atoms with Crippen molar-refractivity contribution in [3.8, 4) is 0 Å². The third-order valence-corrected chi connectivity index (χ3v) is 2.60. The average molecular weight is 201 g/mol. The second kappa shape index (κ2) is 3.35. The van der Waals surface area contributed by atoms with Gasteiger partial charge in [0.1, 0.15) is 0 Å². The summed E-state index contributed by atoms with van der Waals surface area (Å²) >= 11 is 0. The van der Waals surface area contributed by atoms with Gasteiger partial charge < -0.3 is 4.98 Å². The molecule has 2 rings (SSSR count). The Hall–Kier alpha value is -1.90. The molecule has 0 radical (unpaired) electrons. The number of carbonyl (C=O) groups excluding carboxylic acids is 1. The fourth-order valence-corrected chi connectivity index (χ4v) is 1.68. The summed E-state index contributed by atoms with van der Waals surface area (Å²) in [7, 11) is 0. The van der Waals surface area contributed by atoms with Crippen molar-refractivity contribution >= 4 is 17.2 Å². The van der Waals surface area contributed by atoms with E-state index in [1.165, 1.54) is 0 Å². The first-order valence-corrected chi connectivity index (χ1v) is 4.72. The van der Waals surface area contributed by atoms with E-state index in [1.54, 1.807) is 6.07 Å². The summed E-state index contributed by atoms with van der Waals surface area (Å²) in [6.07, 6.45) is 0.583.